The summed E-state index contributed by atoms with van der Waals surface area (Å²) in [5.41, 5.74) is 1.98. The maximum Gasteiger partial charge on any atom is 0.110 e. The van der Waals surface area contributed by atoms with E-state index in [4.69, 9.17) is 21.3 Å². The van der Waals surface area contributed by atoms with Crippen LogP contribution in [-0.2, 0) is 4.74 Å². The molecule has 2 nitrogen and oxygen atoms in total. The summed E-state index contributed by atoms with van der Waals surface area (Å²) in [5, 5.41) is 0.781. The SMILES string of the molecule is Cl.Clc1ccccc1C1=NCCOC12CCCC2. The second kappa shape index (κ2) is 5.60. The van der Waals surface area contributed by atoms with E-state index in [1.807, 2.05) is 18.2 Å². The standard InChI is InChI=1S/C14H16ClNO.ClH/c15-12-6-2-1-5-11(12)13-14(7-3-4-8-14)17-10-9-16-13;/h1-2,5-6H,3-4,7-10H2;1H. The summed E-state index contributed by atoms with van der Waals surface area (Å²) in [5.74, 6) is 0. The molecule has 0 unspecified atom stereocenters. The Morgan fingerprint density at radius 3 is 2.61 bits per heavy atom. The van der Waals surface area contributed by atoms with Gasteiger partial charge in [0.25, 0.3) is 0 Å². The van der Waals surface area contributed by atoms with Crippen molar-refractivity contribution >= 4 is 29.7 Å². The van der Waals surface area contributed by atoms with Crippen molar-refractivity contribution in [2.24, 2.45) is 4.99 Å². The molecule has 0 amide bonds. The number of ether oxygens (including phenoxy) is 1. The Hall–Kier alpha value is -0.570. The third kappa shape index (κ3) is 2.29. The van der Waals surface area contributed by atoms with Gasteiger partial charge in [0.1, 0.15) is 5.60 Å². The molecular weight excluding hydrogens is 269 g/mol. The molecule has 1 spiro atoms. The first-order chi connectivity index (χ1) is 8.32. The molecule has 98 valence electrons. The van der Waals surface area contributed by atoms with E-state index in [0.717, 1.165) is 42.3 Å². The molecule has 1 saturated carbocycles. The predicted octanol–water partition coefficient (Wildman–Crippen LogP) is 3.89. The summed E-state index contributed by atoms with van der Waals surface area (Å²) >= 11 is 6.28. The molecule has 1 aliphatic carbocycles. The Balaban J connectivity index is 0.00000120. The van der Waals surface area contributed by atoms with Gasteiger partial charge >= 0.3 is 0 Å². The van der Waals surface area contributed by atoms with Crippen molar-refractivity contribution in [2.75, 3.05) is 13.2 Å². The molecule has 0 atom stereocenters. The number of benzene rings is 1. The molecule has 2 aliphatic rings. The molecule has 0 radical (unpaired) electrons. The summed E-state index contributed by atoms with van der Waals surface area (Å²) in [7, 11) is 0. The van der Waals surface area contributed by atoms with Crippen molar-refractivity contribution < 1.29 is 4.74 Å². The zero-order valence-electron chi connectivity index (χ0n) is 10.2. The fraction of sp³-hybridized carbons (Fsp3) is 0.500. The first-order valence-corrected chi connectivity index (χ1v) is 6.63. The minimum atomic E-state index is -0.150. The van der Waals surface area contributed by atoms with Crippen LogP contribution < -0.4 is 0 Å². The summed E-state index contributed by atoms with van der Waals surface area (Å²) in [4.78, 5) is 4.70. The molecule has 1 heterocycles. The lowest BCUT2D eigenvalue weighted by Gasteiger charge is -2.34. The number of hydrogen-bond donors (Lipinski definition) is 0. The smallest absolute Gasteiger partial charge is 0.110 e. The molecular formula is C14H17Cl2NO. The average Bonchev–Trinajstić information content (AvgIpc) is 2.80. The molecule has 1 aromatic rings. The van der Waals surface area contributed by atoms with Crippen molar-refractivity contribution in [3.05, 3.63) is 34.9 Å². The largest absolute Gasteiger partial charge is 0.367 e. The number of hydrogen-bond acceptors (Lipinski definition) is 2. The Bertz CT molecular complexity index is 453. The lowest BCUT2D eigenvalue weighted by molar-refractivity contribution is 0.00943. The molecule has 0 bridgehead atoms. The second-order valence-electron chi connectivity index (χ2n) is 4.76. The van der Waals surface area contributed by atoms with Crippen LogP contribution in [0.1, 0.15) is 31.2 Å². The van der Waals surface area contributed by atoms with E-state index < -0.39 is 0 Å². The topological polar surface area (TPSA) is 21.6 Å². The number of halogens is 2. The zero-order chi connectivity index (χ0) is 11.7. The van der Waals surface area contributed by atoms with Gasteiger partial charge in [0.15, 0.2) is 0 Å². The van der Waals surface area contributed by atoms with Crippen molar-refractivity contribution in [3.63, 3.8) is 0 Å². The minimum absolute atomic E-state index is 0. The molecule has 4 heteroatoms. The van der Waals surface area contributed by atoms with E-state index in [9.17, 15) is 0 Å². The van der Waals surface area contributed by atoms with Gasteiger partial charge in [-0.2, -0.15) is 0 Å². The quantitative estimate of drug-likeness (QED) is 0.767. The van der Waals surface area contributed by atoms with Crippen LogP contribution in [0.3, 0.4) is 0 Å². The van der Waals surface area contributed by atoms with Crippen LogP contribution >= 0.6 is 24.0 Å². The fourth-order valence-electron chi connectivity index (χ4n) is 2.92. The maximum atomic E-state index is 6.28. The zero-order valence-corrected chi connectivity index (χ0v) is 11.8. The molecule has 1 fully saturated rings. The molecule has 3 rings (SSSR count). The van der Waals surface area contributed by atoms with Crippen LogP contribution in [0, 0.1) is 0 Å². The summed E-state index contributed by atoms with van der Waals surface area (Å²) in [6.45, 7) is 1.50. The van der Waals surface area contributed by atoms with Gasteiger partial charge in [-0.25, -0.2) is 0 Å². The lowest BCUT2D eigenvalue weighted by atomic mass is 9.89. The summed E-state index contributed by atoms with van der Waals surface area (Å²) in [6, 6.07) is 7.95. The van der Waals surface area contributed by atoms with Crippen LogP contribution in [0.25, 0.3) is 0 Å². The summed E-state index contributed by atoms with van der Waals surface area (Å²) < 4.78 is 6.06. The molecule has 0 aromatic heterocycles. The van der Waals surface area contributed by atoms with E-state index in [0.29, 0.717) is 0 Å². The maximum absolute atomic E-state index is 6.28. The van der Waals surface area contributed by atoms with Crippen molar-refractivity contribution in [1.29, 1.82) is 0 Å². The van der Waals surface area contributed by atoms with Gasteiger partial charge in [-0.3, -0.25) is 4.99 Å². The van der Waals surface area contributed by atoms with Gasteiger partial charge < -0.3 is 4.74 Å². The van der Waals surface area contributed by atoms with Crippen LogP contribution in [0.4, 0.5) is 0 Å². The van der Waals surface area contributed by atoms with E-state index in [1.165, 1.54) is 12.8 Å². The minimum Gasteiger partial charge on any atom is -0.367 e. The highest BCUT2D eigenvalue weighted by molar-refractivity contribution is 6.34. The first-order valence-electron chi connectivity index (χ1n) is 6.26. The van der Waals surface area contributed by atoms with Crippen molar-refractivity contribution in [2.45, 2.75) is 31.3 Å². The van der Waals surface area contributed by atoms with Gasteiger partial charge in [0.05, 0.1) is 18.9 Å². The predicted molar refractivity (Wildman–Crippen MR) is 77.3 cm³/mol. The first kappa shape index (κ1) is 13.9. The van der Waals surface area contributed by atoms with E-state index in [1.54, 1.807) is 0 Å². The van der Waals surface area contributed by atoms with Crippen LogP contribution in [0.2, 0.25) is 5.02 Å². The Morgan fingerprint density at radius 1 is 1.17 bits per heavy atom. The Labute approximate surface area is 119 Å². The lowest BCUT2D eigenvalue weighted by Crippen LogP contribution is -2.43. The van der Waals surface area contributed by atoms with Gasteiger partial charge in [-0.05, 0) is 18.9 Å². The van der Waals surface area contributed by atoms with Gasteiger partial charge in [0, 0.05) is 10.6 Å². The molecule has 18 heavy (non-hydrogen) atoms. The third-order valence-electron chi connectivity index (χ3n) is 3.71. The monoisotopic (exact) mass is 285 g/mol. The van der Waals surface area contributed by atoms with Crippen LogP contribution in [-0.4, -0.2) is 24.5 Å². The van der Waals surface area contributed by atoms with Gasteiger partial charge in [0.2, 0.25) is 0 Å². The second-order valence-corrected chi connectivity index (χ2v) is 5.17. The van der Waals surface area contributed by atoms with Crippen molar-refractivity contribution in [1.82, 2.24) is 0 Å². The summed E-state index contributed by atoms with van der Waals surface area (Å²) in [6.07, 6.45) is 4.61. The highest BCUT2D eigenvalue weighted by atomic mass is 35.5. The van der Waals surface area contributed by atoms with Crippen LogP contribution in [0.5, 0.6) is 0 Å². The normalized spacial score (nSPS) is 21.5. The number of nitrogens with zero attached hydrogens (tertiary/aromatic N) is 1. The molecule has 1 aliphatic heterocycles. The highest BCUT2D eigenvalue weighted by Gasteiger charge is 2.42. The third-order valence-corrected chi connectivity index (χ3v) is 4.04. The van der Waals surface area contributed by atoms with Gasteiger partial charge in [-0.1, -0.05) is 42.6 Å². The molecule has 0 N–H and O–H groups in total. The van der Waals surface area contributed by atoms with Gasteiger partial charge in [-0.15, -0.1) is 12.4 Å². The highest BCUT2D eigenvalue weighted by Crippen LogP contribution is 2.39. The van der Waals surface area contributed by atoms with E-state index in [2.05, 4.69) is 6.07 Å². The van der Waals surface area contributed by atoms with Crippen molar-refractivity contribution in [3.8, 4) is 0 Å². The molecule has 1 aromatic carbocycles. The Kier molecular flexibility index (Phi) is 4.31. The number of rotatable bonds is 1. The fourth-order valence-corrected chi connectivity index (χ4v) is 3.15. The number of aliphatic imine (C=N–C) groups is 1. The van der Waals surface area contributed by atoms with Crippen LogP contribution in [0.15, 0.2) is 29.3 Å². The van der Waals surface area contributed by atoms with E-state index in [-0.39, 0.29) is 18.0 Å². The molecule has 0 saturated heterocycles. The van der Waals surface area contributed by atoms with E-state index >= 15 is 0 Å². The average molecular weight is 286 g/mol. The Morgan fingerprint density at radius 2 is 1.89 bits per heavy atom.